The van der Waals surface area contributed by atoms with Crippen molar-refractivity contribution in [1.29, 1.82) is 0 Å². The smallest absolute Gasteiger partial charge is 0.378 e. The van der Waals surface area contributed by atoms with Gasteiger partial charge in [-0.05, 0) is 87.8 Å². The quantitative estimate of drug-likeness (QED) is 0.126. The van der Waals surface area contributed by atoms with Crippen LogP contribution in [0.1, 0.15) is 121 Å². The van der Waals surface area contributed by atoms with Crippen LogP contribution < -0.4 is 14.0 Å². The minimum absolute atomic E-state index is 0.135. The molecule has 2 heterocycles. The maximum Gasteiger partial charge on any atom is 0.378 e. The first-order chi connectivity index (χ1) is 19.0. The van der Waals surface area contributed by atoms with Crippen LogP contribution in [0.5, 0.6) is 11.5 Å². The van der Waals surface area contributed by atoms with Crippen LogP contribution in [0.3, 0.4) is 0 Å². The zero-order chi connectivity index (χ0) is 29.3. The van der Waals surface area contributed by atoms with Crippen molar-refractivity contribution in [3.8, 4) is 11.5 Å². The molecule has 1 aromatic carbocycles. The first kappa shape index (κ1) is 32.2. The second-order valence-corrected chi connectivity index (χ2v) is 13.4. The molecule has 0 aliphatic carbocycles. The molecule has 0 unspecified atom stereocenters. The van der Waals surface area contributed by atoms with Gasteiger partial charge in [0.25, 0.3) is 0 Å². The summed E-state index contributed by atoms with van der Waals surface area (Å²) >= 11 is 0. The largest absolute Gasteiger partial charge is 0.487 e. The summed E-state index contributed by atoms with van der Waals surface area (Å²) < 4.78 is 14.5. The lowest BCUT2D eigenvalue weighted by atomic mass is 9.83. The van der Waals surface area contributed by atoms with Crippen LogP contribution in [-0.4, -0.2) is 11.6 Å². The van der Waals surface area contributed by atoms with Gasteiger partial charge in [0.15, 0.2) is 12.4 Å². The van der Waals surface area contributed by atoms with Crippen molar-refractivity contribution in [2.24, 2.45) is 17.8 Å². The van der Waals surface area contributed by atoms with Crippen molar-refractivity contribution in [2.75, 3.05) is 0 Å². The Morgan fingerprint density at radius 1 is 0.875 bits per heavy atom. The summed E-state index contributed by atoms with van der Waals surface area (Å²) in [6.45, 7) is 18.2. The summed E-state index contributed by atoms with van der Waals surface area (Å²) in [7, 11) is 0. The Kier molecular flexibility index (Phi) is 12.1. The summed E-state index contributed by atoms with van der Waals surface area (Å²) in [5, 5.41) is 0. The molecule has 1 aliphatic rings. The lowest BCUT2D eigenvalue weighted by Crippen LogP contribution is -2.39. The third-order valence-corrected chi connectivity index (χ3v) is 9.14. The van der Waals surface area contributed by atoms with Crippen molar-refractivity contribution in [3.63, 3.8) is 0 Å². The second-order valence-electron chi connectivity index (χ2n) is 13.4. The molecule has 0 saturated carbocycles. The van der Waals surface area contributed by atoms with Crippen molar-refractivity contribution in [2.45, 2.75) is 138 Å². The van der Waals surface area contributed by atoms with Crippen LogP contribution in [0.4, 0.5) is 0 Å². The summed E-state index contributed by atoms with van der Waals surface area (Å²) in [5.41, 5.74) is 4.20. The summed E-state index contributed by atoms with van der Waals surface area (Å²) in [6, 6.07) is 5.77. The molecule has 0 saturated heterocycles. The Bertz CT molecular complexity index is 1090. The normalized spacial score (nSPS) is 18.2. The molecule has 3 atom stereocenters. The van der Waals surface area contributed by atoms with E-state index < -0.39 is 0 Å². The highest BCUT2D eigenvalue weighted by molar-refractivity contribution is 5.73. The third-order valence-electron chi connectivity index (χ3n) is 9.14. The van der Waals surface area contributed by atoms with Crippen LogP contribution in [0, 0.1) is 38.5 Å². The summed E-state index contributed by atoms with van der Waals surface area (Å²) in [6.07, 6.45) is 17.5. The molecule has 4 heteroatoms. The monoisotopic (exact) mass is 550 g/mol. The zero-order valence-corrected chi connectivity index (χ0v) is 26.8. The molecule has 3 rings (SSSR count). The lowest BCUT2D eigenvalue weighted by Gasteiger charge is -2.38. The molecule has 0 radical (unpaired) electrons. The topological polar surface area (TPSA) is 39.4 Å². The van der Waals surface area contributed by atoms with Gasteiger partial charge in [-0.2, -0.15) is 4.57 Å². The van der Waals surface area contributed by atoms with Gasteiger partial charge < -0.3 is 9.47 Å². The molecule has 0 fully saturated rings. The average Bonchev–Trinajstić information content (AvgIpc) is 2.90. The van der Waals surface area contributed by atoms with Crippen LogP contribution in [0.25, 0.3) is 0 Å². The predicted molar refractivity (Wildman–Crippen MR) is 165 cm³/mol. The van der Waals surface area contributed by atoms with Gasteiger partial charge in [-0.1, -0.05) is 78.7 Å². The van der Waals surface area contributed by atoms with E-state index in [1.54, 1.807) is 0 Å². The zero-order valence-electron chi connectivity index (χ0n) is 26.8. The van der Waals surface area contributed by atoms with Crippen molar-refractivity contribution in [1.82, 2.24) is 0 Å². The van der Waals surface area contributed by atoms with Gasteiger partial charge in [0.2, 0.25) is 6.54 Å². The molecule has 1 aliphatic heterocycles. The SMILES string of the molecule is Cc1c(C)c2c(c(C)c1OC(=O)C[n+]1ccccc1)CC[C@@](C)(CCC[C@H](C)CCC[C@H](C)CCCC(C)C)O2. The fourth-order valence-corrected chi connectivity index (χ4v) is 6.25. The number of ether oxygens (including phenoxy) is 2. The van der Waals surface area contributed by atoms with E-state index >= 15 is 0 Å². The number of carbonyl (C=O) groups excluding carboxylic acids is 1. The first-order valence-corrected chi connectivity index (χ1v) is 16.0. The number of hydrogen-bond acceptors (Lipinski definition) is 3. The number of carbonyl (C=O) groups is 1. The molecule has 222 valence electrons. The fraction of sp³-hybridized carbons (Fsp3) is 0.667. The molecule has 40 heavy (non-hydrogen) atoms. The Hall–Kier alpha value is -2.36. The Morgan fingerprint density at radius 3 is 2.10 bits per heavy atom. The Labute approximate surface area is 244 Å². The number of fused-ring (bicyclic) bond motifs is 1. The van der Waals surface area contributed by atoms with Gasteiger partial charge in [0, 0.05) is 17.7 Å². The van der Waals surface area contributed by atoms with Gasteiger partial charge in [-0.3, -0.25) is 0 Å². The van der Waals surface area contributed by atoms with E-state index in [9.17, 15) is 4.79 Å². The summed E-state index contributed by atoms with van der Waals surface area (Å²) in [5.74, 6) is 3.94. The van der Waals surface area contributed by atoms with E-state index in [-0.39, 0.29) is 18.1 Å². The molecule has 0 amide bonds. The van der Waals surface area contributed by atoms with Crippen LogP contribution >= 0.6 is 0 Å². The van der Waals surface area contributed by atoms with E-state index in [0.29, 0.717) is 5.75 Å². The molecule has 0 N–H and O–H groups in total. The van der Waals surface area contributed by atoms with E-state index in [1.807, 2.05) is 42.1 Å². The minimum Gasteiger partial charge on any atom is -0.487 e. The van der Waals surface area contributed by atoms with Crippen LogP contribution in [0.15, 0.2) is 30.6 Å². The number of rotatable bonds is 15. The van der Waals surface area contributed by atoms with Crippen molar-refractivity contribution < 1.29 is 18.8 Å². The number of pyridine rings is 1. The predicted octanol–water partition coefficient (Wildman–Crippen LogP) is 9.03. The highest BCUT2D eigenvalue weighted by Crippen LogP contribution is 2.45. The van der Waals surface area contributed by atoms with E-state index in [1.165, 1.54) is 56.9 Å². The summed E-state index contributed by atoms with van der Waals surface area (Å²) in [4.78, 5) is 12.7. The Morgan fingerprint density at radius 2 is 1.48 bits per heavy atom. The molecular formula is C36H56NO3+. The van der Waals surface area contributed by atoms with Gasteiger partial charge >= 0.3 is 5.97 Å². The maximum atomic E-state index is 12.7. The molecule has 0 bridgehead atoms. The number of esters is 1. The van der Waals surface area contributed by atoms with Crippen LogP contribution in [-0.2, 0) is 17.8 Å². The van der Waals surface area contributed by atoms with Crippen LogP contribution in [0.2, 0.25) is 0 Å². The van der Waals surface area contributed by atoms with E-state index in [0.717, 1.165) is 59.5 Å². The highest BCUT2D eigenvalue weighted by Gasteiger charge is 2.35. The van der Waals surface area contributed by atoms with Gasteiger partial charge in [0.1, 0.15) is 17.1 Å². The van der Waals surface area contributed by atoms with Crippen molar-refractivity contribution >= 4 is 5.97 Å². The third kappa shape index (κ3) is 9.35. The number of nitrogens with zero attached hydrogens (tertiary/aromatic N) is 1. The Balaban J connectivity index is 1.50. The molecule has 2 aromatic rings. The average molecular weight is 551 g/mol. The number of aromatic nitrogens is 1. The van der Waals surface area contributed by atoms with Gasteiger partial charge in [-0.15, -0.1) is 0 Å². The minimum atomic E-state index is -0.252. The fourth-order valence-electron chi connectivity index (χ4n) is 6.25. The molecule has 4 nitrogen and oxygen atoms in total. The maximum absolute atomic E-state index is 12.7. The number of benzene rings is 1. The van der Waals surface area contributed by atoms with Gasteiger partial charge in [-0.25, -0.2) is 4.79 Å². The van der Waals surface area contributed by atoms with E-state index in [4.69, 9.17) is 9.47 Å². The first-order valence-electron chi connectivity index (χ1n) is 16.0. The second kappa shape index (κ2) is 15.0. The number of hydrogen-bond donors (Lipinski definition) is 0. The lowest BCUT2D eigenvalue weighted by molar-refractivity contribution is -0.685. The highest BCUT2D eigenvalue weighted by atomic mass is 16.5. The molecular weight excluding hydrogens is 494 g/mol. The molecule has 0 spiro atoms. The van der Waals surface area contributed by atoms with Gasteiger partial charge in [0.05, 0.1) is 0 Å². The standard InChI is InChI=1S/C36H56NO3/c1-26(2)15-12-16-27(3)17-13-18-28(4)19-14-21-36(8)22-20-32-31(7)34(29(5)30(6)35(32)40-36)39-33(38)25-37-23-10-9-11-24-37/h9-11,23-24,26-28H,12-22,25H2,1-8H3/q+1/t27-,28-,36-/m1/s1. The van der Waals surface area contributed by atoms with Crippen molar-refractivity contribution in [3.05, 3.63) is 52.8 Å². The van der Waals surface area contributed by atoms with E-state index in [2.05, 4.69) is 48.5 Å². The molecule has 1 aromatic heterocycles.